The molecule has 0 aliphatic rings. The van der Waals surface area contributed by atoms with Crippen molar-refractivity contribution in [3.8, 4) is 0 Å². The lowest BCUT2D eigenvalue weighted by Crippen LogP contribution is -2.21. The highest BCUT2D eigenvalue weighted by molar-refractivity contribution is 5.99. The molecule has 0 aromatic heterocycles. The summed E-state index contributed by atoms with van der Waals surface area (Å²) < 4.78 is 5.43. The van der Waals surface area contributed by atoms with E-state index in [0.29, 0.717) is 6.61 Å². The van der Waals surface area contributed by atoms with Crippen LogP contribution in [-0.2, 0) is 4.74 Å². The first-order valence-corrected chi connectivity index (χ1v) is 5.79. The van der Waals surface area contributed by atoms with Crippen LogP contribution in [0.2, 0.25) is 0 Å². The number of aryl methyl sites for hydroxylation is 2. The van der Waals surface area contributed by atoms with Gasteiger partial charge in [0.2, 0.25) is 0 Å². The number of ketones is 1. The maximum atomic E-state index is 12.0. The fourth-order valence-corrected chi connectivity index (χ4v) is 1.50. The molecule has 88 valence electrons. The first-order chi connectivity index (χ1) is 7.56. The highest BCUT2D eigenvalue weighted by Crippen LogP contribution is 2.12. The fourth-order valence-electron chi connectivity index (χ4n) is 1.50. The summed E-state index contributed by atoms with van der Waals surface area (Å²) in [5.74, 6) is 0.0663. The van der Waals surface area contributed by atoms with Gasteiger partial charge in [0.05, 0.1) is 0 Å². The van der Waals surface area contributed by atoms with Crippen molar-refractivity contribution in [3.63, 3.8) is 0 Å². The molecule has 0 amide bonds. The Morgan fingerprint density at radius 3 is 2.56 bits per heavy atom. The maximum absolute atomic E-state index is 12.0. The Bertz CT molecular complexity index is 369. The molecule has 0 aliphatic carbocycles. The van der Waals surface area contributed by atoms with Crippen molar-refractivity contribution < 1.29 is 9.53 Å². The van der Waals surface area contributed by atoms with Gasteiger partial charge in [-0.15, -0.1) is 0 Å². The van der Waals surface area contributed by atoms with Crippen LogP contribution in [0, 0.1) is 13.8 Å². The molecule has 1 rings (SSSR count). The molecule has 0 fully saturated rings. The second-order valence-corrected chi connectivity index (χ2v) is 4.18. The second-order valence-electron chi connectivity index (χ2n) is 4.18. The summed E-state index contributed by atoms with van der Waals surface area (Å²) in [6.45, 7) is 8.54. The predicted octanol–water partition coefficient (Wildman–Crippen LogP) is 3.30. The number of hydrogen-bond donors (Lipinski definition) is 0. The molecule has 0 radical (unpaired) electrons. The van der Waals surface area contributed by atoms with Crippen molar-refractivity contribution in [1.29, 1.82) is 0 Å². The molecule has 0 aliphatic heterocycles. The van der Waals surface area contributed by atoms with E-state index in [1.54, 1.807) is 0 Å². The fraction of sp³-hybridized carbons (Fsp3) is 0.500. The van der Waals surface area contributed by atoms with E-state index < -0.39 is 0 Å². The lowest BCUT2D eigenvalue weighted by molar-refractivity contribution is 0.0479. The first kappa shape index (κ1) is 12.9. The van der Waals surface area contributed by atoms with Crippen molar-refractivity contribution >= 4 is 5.78 Å². The van der Waals surface area contributed by atoms with E-state index in [1.807, 2.05) is 45.9 Å². The van der Waals surface area contributed by atoms with Gasteiger partial charge in [-0.1, -0.05) is 19.1 Å². The summed E-state index contributed by atoms with van der Waals surface area (Å²) in [6, 6.07) is 5.79. The molecule has 0 spiro atoms. The Morgan fingerprint density at radius 2 is 2.00 bits per heavy atom. The van der Waals surface area contributed by atoms with Gasteiger partial charge in [-0.3, -0.25) is 4.79 Å². The SMILES string of the molecule is CCCOC(C)C(=O)c1ccc(C)c(C)c1. The normalized spacial score (nSPS) is 12.5. The van der Waals surface area contributed by atoms with Crippen LogP contribution in [-0.4, -0.2) is 18.5 Å². The van der Waals surface area contributed by atoms with E-state index in [1.165, 1.54) is 5.56 Å². The molecule has 2 heteroatoms. The number of rotatable bonds is 5. The smallest absolute Gasteiger partial charge is 0.191 e. The number of ether oxygens (including phenoxy) is 1. The van der Waals surface area contributed by atoms with Gasteiger partial charge in [0.15, 0.2) is 5.78 Å². The molecule has 2 nitrogen and oxygen atoms in total. The van der Waals surface area contributed by atoms with Gasteiger partial charge in [-0.2, -0.15) is 0 Å². The van der Waals surface area contributed by atoms with Crippen molar-refractivity contribution in [1.82, 2.24) is 0 Å². The summed E-state index contributed by atoms with van der Waals surface area (Å²) in [6.07, 6.45) is 0.590. The zero-order valence-corrected chi connectivity index (χ0v) is 10.5. The highest BCUT2D eigenvalue weighted by Gasteiger charge is 2.15. The summed E-state index contributed by atoms with van der Waals surface area (Å²) in [4.78, 5) is 12.0. The van der Waals surface area contributed by atoms with Gasteiger partial charge in [0.25, 0.3) is 0 Å². The van der Waals surface area contributed by atoms with Crippen LogP contribution in [0.4, 0.5) is 0 Å². The molecule has 1 aromatic carbocycles. The first-order valence-electron chi connectivity index (χ1n) is 5.79. The van der Waals surface area contributed by atoms with Crippen LogP contribution in [0.3, 0.4) is 0 Å². The molecule has 16 heavy (non-hydrogen) atoms. The molecule has 0 heterocycles. The molecule has 0 saturated carbocycles. The molecular weight excluding hydrogens is 200 g/mol. The Hall–Kier alpha value is -1.15. The minimum absolute atomic E-state index is 0.0663. The molecule has 0 bridgehead atoms. The molecule has 1 atom stereocenters. The Morgan fingerprint density at radius 1 is 1.31 bits per heavy atom. The third-order valence-corrected chi connectivity index (χ3v) is 2.73. The largest absolute Gasteiger partial charge is 0.370 e. The Labute approximate surface area is 97.6 Å². The maximum Gasteiger partial charge on any atom is 0.191 e. The van der Waals surface area contributed by atoms with E-state index in [4.69, 9.17) is 4.74 Å². The molecule has 1 unspecified atom stereocenters. The summed E-state index contributed by atoms with van der Waals surface area (Å²) in [7, 11) is 0. The standard InChI is InChI=1S/C14H20O2/c1-5-8-16-12(4)14(15)13-7-6-10(2)11(3)9-13/h6-7,9,12H,5,8H2,1-4H3. The third-order valence-electron chi connectivity index (χ3n) is 2.73. The van der Waals surface area contributed by atoms with Crippen LogP contribution >= 0.6 is 0 Å². The summed E-state index contributed by atoms with van der Waals surface area (Å²) in [5, 5.41) is 0. The minimum Gasteiger partial charge on any atom is -0.370 e. The van der Waals surface area contributed by atoms with Gasteiger partial charge in [0, 0.05) is 12.2 Å². The zero-order valence-electron chi connectivity index (χ0n) is 10.5. The molecule has 0 N–H and O–H groups in total. The average Bonchev–Trinajstić information content (AvgIpc) is 2.28. The molecule has 1 aromatic rings. The monoisotopic (exact) mass is 220 g/mol. The van der Waals surface area contributed by atoms with Crippen LogP contribution in [0.5, 0.6) is 0 Å². The van der Waals surface area contributed by atoms with Crippen LogP contribution in [0.25, 0.3) is 0 Å². The van der Waals surface area contributed by atoms with Crippen LogP contribution < -0.4 is 0 Å². The second kappa shape index (κ2) is 5.80. The van der Waals surface area contributed by atoms with E-state index >= 15 is 0 Å². The minimum atomic E-state index is -0.345. The number of carbonyl (C=O) groups excluding carboxylic acids is 1. The third kappa shape index (κ3) is 3.17. The summed E-state index contributed by atoms with van der Waals surface area (Å²) in [5.41, 5.74) is 3.10. The predicted molar refractivity (Wildman–Crippen MR) is 66.0 cm³/mol. The lowest BCUT2D eigenvalue weighted by atomic mass is 10.0. The Kier molecular flexibility index (Phi) is 4.69. The van der Waals surface area contributed by atoms with E-state index in [-0.39, 0.29) is 11.9 Å². The van der Waals surface area contributed by atoms with Crippen molar-refractivity contribution in [2.24, 2.45) is 0 Å². The van der Waals surface area contributed by atoms with E-state index in [0.717, 1.165) is 17.5 Å². The lowest BCUT2D eigenvalue weighted by Gasteiger charge is -2.12. The quantitative estimate of drug-likeness (QED) is 0.712. The summed E-state index contributed by atoms with van der Waals surface area (Å²) >= 11 is 0. The van der Waals surface area contributed by atoms with Crippen molar-refractivity contribution in [3.05, 3.63) is 34.9 Å². The number of carbonyl (C=O) groups is 1. The highest BCUT2D eigenvalue weighted by atomic mass is 16.5. The number of Topliss-reactive ketones (excluding diaryl/α,β-unsaturated/α-hetero) is 1. The van der Waals surface area contributed by atoms with Gasteiger partial charge in [-0.05, 0) is 44.4 Å². The number of benzene rings is 1. The number of hydrogen-bond acceptors (Lipinski definition) is 2. The van der Waals surface area contributed by atoms with Gasteiger partial charge < -0.3 is 4.74 Å². The molecular formula is C14H20O2. The van der Waals surface area contributed by atoms with Crippen LogP contribution in [0.15, 0.2) is 18.2 Å². The van der Waals surface area contributed by atoms with E-state index in [2.05, 4.69) is 0 Å². The van der Waals surface area contributed by atoms with Crippen molar-refractivity contribution in [2.45, 2.75) is 40.2 Å². The average molecular weight is 220 g/mol. The zero-order chi connectivity index (χ0) is 12.1. The van der Waals surface area contributed by atoms with Crippen LogP contribution in [0.1, 0.15) is 41.8 Å². The van der Waals surface area contributed by atoms with Crippen molar-refractivity contribution in [2.75, 3.05) is 6.61 Å². The van der Waals surface area contributed by atoms with E-state index in [9.17, 15) is 4.79 Å². The van der Waals surface area contributed by atoms with Gasteiger partial charge in [0.1, 0.15) is 6.10 Å². The molecule has 0 saturated heterocycles. The Balaban J connectivity index is 2.76. The topological polar surface area (TPSA) is 26.3 Å². The van der Waals surface area contributed by atoms with Gasteiger partial charge in [-0.25, -0.2) is 0 Å². The van der Waals surface area contributed by atoms with Gasteiger partial charge >= 0.3 is 0 Å².